The number of methoxy groups -OCH3 is 1. The number of nitrogens with two attached hydrogens (primary N) is 1. The number of rotatable bonds is 6. The first-order valence-corrected chi connectivity index (χ1v) is 6.92. The Kier molecular flexibility index (Phi) is 5.56. The van der Waals surface area contributed by atoms with Crippen LogP contribution in [0, 0.1) is 5.82 Å². The zero-order chi connectivity index (χ0) is 15.2. The number of para-hydroxylation sites is 1. The molecule has 0 aliphatic rings. The van der Waals surface area contributed by atoms with Crippen LogP contribution < -0.4 is 10.5 Å². The first-order valence-electron chi connectivity index (χ1n) is 6.54. The van der Waals surface area contributed by atoms with Crippen LogP contribution in [0.2, 0.25) is 5.02 Å². The first-order chi connectivity index (χ1) is 10.1. The Balaban J connectivity index is 2.27. The predicted octanol–water partition coefficient (Wildman–Crippen LogP) is 3.55. The van der Waals surface area contributed by atoms with Crippen LogP contribution in [0.25, 0.3) is 0 Å². The zero-order valence-electron chi connectivity index (χ0n) is 11.7. The molecule has 0 radical (unpaired) electrons. The monoisotopic (exact) mass is 309 g/mol. The minimum Gasteiger partial charge on any atom is -0.491 e. The lowest BCUT2D eigenvalue weighted by Crippen LogP contribution is -2.15. The summed E-state index contributed by atoms with van der Waals surface area (Å²) < 4.78 is 23.8. The van der Waals surface area contributed by atoms with E-state index in [4.69, 9.17) is 26.8 Å². The Labute approximate surface area is 128 Å². The molecule has 0 aliphatic heterocycles. The molecule has 1 atom stereocenters. The van der Waals surface area contributed by atoms with E-state index in [1.807, 2.05) is 24.3 Å². The molecule has 5 heteroatoms. The van der Waals surface area contributed by atoms with Gasteiger partial charge in [0.2, 0.25) is 0 Å². The third kappa shape index (κ3) is 3.94. The summed E-state index contributed by atoms with van der Waals surface area (Å²) in [6.07, 6.45) is 0. The van der Waals surface area contributed by atoms with Crippen molar-refractivity contribution in [3.8, 4) is 5.75 Å². The van der Waals surface area contributed by atoms with E-state index in [1.54, 1.807) is 13.2 Å². The molecule has 0 spiro atoms. The average Bonchev–Trinajstić information content (AvgIpc) is 2.47. The standard InChI is InChI=1S/C16H17ClFNO2/c1-20-8-9-21-15-5-3-2-4-13(15)16(19)12-7-6-11(18)10-14(12)17/h2-7,10,16H,8-9,19H2,1H3. The van der Waals surface area contributed by atoms with E-state index in [9.17, 15) is 4.39 Å². The SMILES string of the molecule is COCCOc1ccccc1C(N)c1ccc(F)cc1Cl. The van der Waals surface area contributed by atoms with Crippen LogP contribution in [0.1, 0.15) is 17.2 Å². The second-order valence-corrected chi connectivity index (χ2v) is 4.93. The molecule has 0 fully saturated rings. The topological polar surface area (TPSA) is 44.5 Å². The molecule has 0 saturated carbocycles. The van der Waals surface area contributed by atoms with Gasteiger partial charge in [-0.2, -0.15) is 0 Å². The lowest BCUT2D eigenvalue weighted by Gasteiger charge is -2.18. The number of benzene rings is 2. The second-order valence-electron chi connectivity index (χ2n) is 4.52. The molecule has 0 saturated heterocycles. The van der Waals surface area contributed by atoms with E-state index in [-0.39, 0.29) is 5.82 Å². The van der Waals surface area contributed by atoms with Crippen molar-refractivity contribution >= 4 is 11.6 Å². The summed E-state index contributed by atoms with van der Waals surface area (Å²) in [4.78, 5) is 0. The molecule has 1 unspecified atom stereocenters. The number of hydrogen-bond acceptors (Lipinski definition) is 3. The van der Waals surface area contributed by atoms with E-state index in [2.05, 4.69) is 0 Å². The van der Waals surface area contributed by atoms with E-state index in [0.29, 0.717) is 29.5 Å². The average molecular weight is 310 g/mol. The molecule has 0 aliphatic carbocycles. The molecule has 0 amide bonds. The van der Waals surface area contributed by atoms with Gasteiger partial charge in [-0.25, -0.2) is 4.39 Å². The lowest BCUT2D eigenvalue weighted by molar-refractivity contribution is 0.145. The predicted molar refractivity (Wildman–Crippen MR) is 81.3 cm³/mol. The van der Waals surface area contributed by atoms with Gasteiger partial charge in [0.25, 0.3) is 0 Å². The van der Waals surface area contributed by atoms with Crippen LogP contribution in [-0.2, 0) is 4.74 Å². The van der Waals surface area contributed by atoms with E-state index in [1.165, 1.54) is 12.1 Å². The summed E-state index contributed by atoms with van der Waals surface area (Å²) in [6.45, 7) is 0.915. The van der Waals surface area contributed by atoms with Crippen molar-refractivity contribution in [3.63, 3.8) is 0 Å². The molecule has 2 aromatic rings. The largest absolute Gasteiger partial charge is 0.491 e. The fourth-order valence-electron chi connectivity index (χ4n) is 2.03. The molecular weight excluding hydrogens is 293 g/mol. The van der Waals surface area contributed by atoms with Crippen LogP contribution in [0.15, 0.2) is 42.5 Å². The first kappa shape index (κ1) is 15.8. The van der Waals surface area contributed by atoms with Crippen molar-refractivity contribution in [2.75, 3.05) is 20.3 Å². The molecule has 0 aromatic heterocycles. The summed E-state index contributed by atoms with van der Waals surface area (Å²) >= 11 is 6.07. The molecule has 0 heterocycles. The van der Waals surface area contributed by atoms with Gasteiger partial charge in [0.15, 0.2) is 0 Å². The van der Waals surface area contributed by atoms with Crippen LogP contribution in [0.3, 0.4) is 0 Å². The Morgan fingerprint density at radius 2 is 1.90 bits per heavy atom. The summed E-state index contributed by atoms with van der Waals surface area (Å²) in [5, 5.41) is 0.300. The van der Waals surface area contributed by atoms with Crippen LogP contribution >= 0.6 is 11.6 Å². The highest BCUT2D eigenvalue weighted by Crippen LogP contribution is 2.32. The van der Waals surface area contributed by atoms with Crippen molar-refractivity contribution in [3.05, 3.63) is 64.4 Å². The fraction of sp³-hybridized carbons (Fsp3) is 0.250. The Bertz CT molecular complexity index is 607. The molecule has 21 heavy (non-hydrogen) atoms. The van der Waals surface area contributed by atoms with E-state index >= 15 is 0 Å². The number of ether oxygens (including phenoxy) is 2. The zero-order valence-corrected chi connectivity index (χ0v) is 12.4. The maximum atomic E-state index is 13.1. The number of halogens is 2. The van der Waals surface area contributed by atoms with Crippen molar-refractivity contribution in [1.82, 2.24) is 0 Å². The van der Waals surface area contributed by atoms with Gasteiger partial charge in [0.05, 0.1) is 12.6 Å². The van der Waals surface area contributed by atoms with Gasteiger partial charge in [-0.1, -0.05) is 35.9 Å². The smallest absolute Gasteiger partial charge is 0.124 e. The third-order valence-electron chi connectivity index (χ3n) is 3.10. The van der Waals surface area contributed by atoms with Crippen LogP contribution in [0.4, 0.5) is 4.39 Å². The van der Waals surface area contributed by atoms with E-state index in [0.717, 1.165) is 5.56 Å². The van der Waals surface area contributed by atoms with Gasteiger partial charge in [-0.15, -0.1) is 0 Å². The van der Waals surface area contributed by atoms with Crippen molar-refractivity contribution in [2.24, 2.45) is 5.73 Å². The van der Waals surface area contributed by atoms with Gasteiger partial charge in [0.1, 0.15) is 18.2 Å². The van der Waals surface area contributed by atoms with Gasteiger partial charge >= 0.3 is 0 Å². The molecule has 2 aromatic carbocycles. The van der Waals surface area contributed by atoms with Crippen molar-refractivity contribution in [2.45, 2.75) is 6.04 Å². The third-order valence-corrected chi connectivity index (χ3v) is 3.42. The summed E-state index contributed by atoms with van der Waals surface area (Å²) in [6, 6.07) is 11.1. The Hall–Kier alpha value is -1.62. The maximum Gasteiger partial charge on any atom is 0.124 e. The molecule has 112 valence electrons. The Morgan fingerprint density at radius 3 is 2.62 bits per heavy atom. The highest BCUT2D eigenvalue weighted by Gasteiger charge is 2.17. The highest BCUT2D eigenvalue weighted by atomic mass is 35.5. The van der Waals surface area contributed by atoms with Crippen molar-refractivity contribution in [1.29, 1.82) is 0 Å². The van der Waals surface area contributed by atoms with E-state index < -0.39 is 6.04 Å². The molecule has 3 nitrogen and oxygen atoms in total. The van der Waals surface area contributed by atoms with Crippen LogP contribution in [-0.4, -0.2) is 20.3 Å². The minimum atomic E-state index is -0.489. The summed E-state index contributed by atoms with van der Waals surface area (Å²) in [7, 11) is 1.61. The van der Waals surface area contributed by atoms with Gasteiger partial charge in [-0.3, -0.25) is 0 Å². The second kappa shape index (κ2) is 7.41. The minimum absolute atomic E-state index is 0.300. The van der Waals surface area contributed by atoms with Crippen LogP contribution in [0.5, 0.6) is 5.75 Å². The molecule has 2 rings (SSSR count). The molecule has 0 bridgehead atoms. The maximum absolute atomic E-state index is 13.1. The van der Waals surface area contributed by atoms with Gasteiger partial charge in [0, 0.05) is 17.7 Å². The fourth-order valence-corrected chi connectivity index (χ4v) is 2.31. The van der Waals surface area contributed by atoms with Gasteiger partial charge in [-0.05, 0) is 23.8 Å². The quantitative estimate of drug-likeness (QED) is 0.830. The highest BCUT2D eigenvalue weighted by molar-refractivity contribution is 6.31. The Morgan fingerprint density at radius 1 is 1.14 bits per heavy atom. The molecule has 2 N–H and O–H groups in total. The molecular formula is C16H17ClFNO2. The normalized spacial score (nSPS) is 12.2. The summed E-state index contributed by atoms with van der Waals surface area (Å²) in [5.74, 6) is 0.281. The number of hydrogen-bond donors (Lipinski definition) is 1. The summed E-state index contributed by atoms with van der Waals surface area (Å²) in [5.41, 5.74) is 7.70. The van der Waals surface area contributed by atoms with Crippen molar-refractivity contribution < 1.29 is 13.9 Å². The lowest BCUT2D eigenvalue weighted by atomic mass is 9.98. The van der Waals surface area contributed by atoms with Gasteiger partial charge < -0.3 is 15.2 Å².